The first-order chi connectivity index (χ1) is 13.5. The molecule has 164 valence electrons. The van der Waals surface area contributed by atoms with Gasteiger partial charge in [-0.1, -0.05) is 31.6 Å². The third kappa shape index (κ3) is 3.67. The number of fused-ring (bicyclic) bond motifs is 5. The lowest BCUT2D eigenvalue weighted by molar-refractivity contribution is -0.0663. The SMILES string of the molecule is C=C[C@@](C)(O)CCC[C@H]1CC[C@H]2[C@@H]3CC=C4C[C@@](C)(O)CC[C@]4(C)[C@H]3CC[C@]12C. The summed E-state index contributed by atoms with van der Waals surface area (Å²) in [7, 11) is 0. The van der Waals surface area contributed by atoms with Gasteiger partial charge in [-0.05, 0) is 119 Å². The quantitative estimate of drug-likeness (QED) is 0.522. The van der Waals surface area contributed by atoms with Gasteiger partial charge in [-0.15, -0.1) is 6.58 Å². The molecule has 8 atom stereocenters. The van der Waals surface area contributed by atoms with Gasteiger partial charge in [0.2, 0.25) is 0 Å². The van der Waals surface area contributed by atoms with Crippen LogP contribution in [-0.2, 0) is 0 Å². The molecule has 4 aliphatic rings. The summed E-state index contributed by atoms with van der Waals surface area (Å²) >= 11 is 0. The fraction of sp³-hybridized carbons (Fsp3) is 0.852. The highest BCUT2D eigenvalue weighted by atomic mass is 16.3. The molecule has 2 N–H and O–H groups in total. The summed E-state index contributed by atoms with van der Waals surface area (Å²) in [5, 5.41) is 20.9. The van der Waals surface area contributed by atoms with E-state index in [4.69, 9.17) is 0 Å². The van der Waals surface area contributed by atoms with E-state index in [0.717, 1.165) is 55.8 Å². The van der Waals surface area contributed by atoms with Gasteiger partial charge in [-0.2, -0.15) is 0 Å². The molecule has 3 saturated carbocycles. The van der Waals surface area contributed by atoms with Crippen LogP contribution in [0.15, 0.2) is 24.3 Å². The van der Waals surface area contributed by atoms with Gasteiger partial charge in [0.25, 0.3) is 0 Å². The van der Waals surface area contributed by atoms with Crippen LogP contribution >= 0.6 is 0 Å². The van der Waals surface area contributed by atoms with Crippen LogP contribution < -0.4 is 0 Å². The van der Waals surface area contributed by atoms with Crippen molar-refractivity contribution in [2.24, 2.45) is 34.5 Å². The molecule has 0 spiro atoms. The predicted octanol–water partition coefficient (Wildman–Crippen LogP) is 6.42. The summed E-state index contributed by atoms with van der Waals surface area (Å²) in [6.07, 6.45) is 17.2. The van der Waals surface area contributed by atoms with Gasteiger partial charge in [0.15, 0.2) is 0 Å². The number of allylic oxidation sites excluding steroid dienone is 1. The van der Waals surface area contributed by atoms with Crippen molar-refractivity contribution in [1.82, 2.24) is 0 Å². The Morgan fingerprint density at radius 3 is 2.62 bits per heavy atom. The zero-order valence-corrected chi connectivity index (χ0v) is 19.3. The molecular formula is C27H44O2. The highest BCUT2D eigenvalue weighted by molar-refractivity contribution is 5.26. The van der Waals surface area contributed by atoms with Gasteiger partial charge in [0.1, 0.15) is 0 Å². The third-order valence-corrected chi connectivity index (χ3v) is 10.3. The summed E-state index contributed by atoms with van der Waals surface area (Å²) in [5.41, 5.74) is 1.18. The maximum atomic E-state index is 10.6. The van der Waals surface area contributed by atoms with Gasteiger partial charge in [0, 0.05) is 0 Å². The van der Waals surface area contributed by atoms with E-state index in [9.17, 15) is 10.2 Å². The molecule has 0 aromatic carbocycles. The molecule has 3 fully saturated rings. The standard InChI is InChI=1S/C27H44O2/c1-6-24(2,28)14-7-8-19-10-12-22-21-11-9-20-18-25(3,29)16-17-27(20,5)23(21)13-15-26(19,22)4/h6,9,19,21-23,28-29H,1,7-8,10-18H2,2-5H3/t19-,21-,22-,23-,24+,25-,26+,27-/m0/s1. The normalized spacial score (nSPS) is 48.7. The van der Waals surface area contributed by atoms with E-state index in [1.807, 2.05) is 13.8 Å². The average molecular weight is 401 g/mol. The summed E-state index contributed by atoms with van der Waals surface area (Å²) < 4.78 is 0. The van der Waals surface area contributed by atoms with Crippen molar-refractivity contribution in [2.45, 2.75) is 110 Å². The Morgan fingerprint density at radius 1 is 1.14 bits per heavy atom. The minimum atomic E-state index is -0.710. The van der Waals surface area contributed by atoms with E-state index in [0.29, 0.717) is 10.8 Å². The Labute approximate surface area is 178 Å². The second kappa shape index (κ2) is 7.23. The topological polar surface area (TPSA) is 40.5 Å². The maximum Gasteiger partial charge on any atom is 0.0797 e. The van der Waals surface area contributed by atoms with Crippen molar-refractivity contribution in [3.05, 3.63) is 24.3 Å². The van der Waals surface area contributed by atoms with Crippen LogP contribution in [0.2, 0.25) is 0 Å². The summed E-state index contributed by atoms with van der Waals surface area (Å²) in [4.78, 5) is 0. The molecule has 0 unspecified atom stereocenters. The van der Waals surface area contributed by atoms with Crippen LogP contribution in [-0.4, -0.2) is 21.4 Å². The lowest BCUT2D eigenvalue weighted by Gasteiger charge is -2.59. The molecule has 4 rings (SSSR count). The smallest absolute Gasteiger partial charge is 0.0797 e. The van der Waals surface area contributed by atoms with Crippen molar-refractivity contribution in [3.8, 4) is 0 Å². The molecule has 4 aliphatic carbocycles. The summed E-state index contributed by atoms with van der Waals surface area (Å²) in [6.45, 7) is 12.8. The first kappa shape index (κ1) is 21.6. The van der Waals surface area contributed by atoms with E-state index in [2.05, 4.69) is 26.5 Å². The Morgan fingerprint density at radius 2 is 1.90 bits per heavy atom. The van der Waals surface area contributed by atoms with E-state index < -0.39 is 11.2 Å². The fourth-order valence-corrected chi connectivity index (χ4v) is 8.20. The van der Waals surface area contributed by atoms with E-state index in [1.54, 1.807) is 11.6 Å². The van der Waals surface area contributed by atoms with Gasteiger partial charge >= 0.3 is 0 Å². The molecule has 0 aromatic rings. The van der Waals surface area contributed by atoms with Crippen molar-refractivity contribution < 1.29 is 10.2 Å². The summed E-state index contributed by atoms with van der Waals surface area (Å²) in [6, 6.07) is 0. The zero-order valence-electron chi connectivity index (χ0n) is 19.3. The molecule has 0 bridgehead atoms. The molecule has 29 heavy (non-hydrogen) atoms. The molecule has 0 amide bonds. The number of hydrogen-bond donors (Lipinski definition) is 2. The number of rotatable bonds is 5. The van der Waals surface area contributed by atoms with Crippen molar-refractivity contribution in [2.75, 3.05) is 0 Å². The van der Waals surface area contributed by atoms with Crippen molar-refractivity contribution >= 4 is 0 Å². The molecule has 0 radical (unpaired) electrons. The molecular weight excluding hydrogens is 356 g/mol. The average Bonchev–Trinajstić information content (AvgIpc) is 2.99. The monoisotopic (exact) mass is 400 g/mol. The Hall–Kier alpha value is -0.600. The van der Waals surface area contributed by atoms with Crippen molar-refractivity contribution in [1.29, 1.82) is 0 Å². The van der Waals surface area contributed by atoms with Crippen LogP contribution in [0.1, 0.15) is 98.3 Å². The van der Waals surface area contributed by atoms with E-state index >= 15 is 0 Å². The van der Waals surface area contributed by atoms with Gasteiger partial charge in [-0.25, -0.2) is 0 Å². The molecule has 0 aromatic heterocycles. The Kier molecular flexibility index (Phi) is 5.39. The van der Waals surface area contributed by atoms with E-state index in [1.165, 1.54) is 38.5 Å². The first-order valence-electron chi connectivity index (χ1n) is 12.3. The van der Waals surface area contributed by atoms with Crippen LogP contribution in [0.25, 0.3) is 0 Å². The lowest BCUT2D eigenvalue weighted by atomic mass is 9.46. The molecule has 0 aliphatic heterocycles. The molecule has 2 nitrogen and oxygen atoms in total. The molecule has 0 saturated heterocycles. The first-order valence-corrected chi connectivity index (χ1v) is 12.3. The maximum absolute atomic E-state index is 10.6. The van der Waals surface area contributed by atoms with Crippen LogP contribution in [0, 0.1) is 34.5 Å². The largest absolute Gasteiger partial charge is 0.390 e. The second-order valence-electron chi connectivity index (χ2n) is 12.2. The summed E-state index contributed by atoms with van der Waals surface area (Å²) in [5.74, 6) is 3.34. The second-order valence-corrected chi connectivity index (χ2v) is 12.2. The van der Waals surface area contributed by atoms with Crippen molar-refractivity contribution in [3.63, 3.8) is 0 Å². The van der Waals surface area contributed by atoms with Gasteiger partial charge < -0.3 is 10.2 Å². The van der Waals surface area contributed by atoms with E-state index in [-0.39, 0.29) is 0 Å². The highest BCUT2D eigenvalue weighted by Gasteiger charge is 2.58. The van der Waals surface area contributed by atoms with Crippen LogP contribution in [0.3, 0.4) is 0 Å². The highest BCUT2D eigenvalue weighted by Crippen LogP contribution is 2.67. The fourth-order valence-electron chi connectivity index (χ4n) is 8.20. The van der Waals surface area contributed by atoms with Gasteiger partial charge in [-0.3, -0.25) is 0 Å². The lowest BCUT2D eigenvalue weighted by Crippen LogP contribution is -2.51. The predicted molar refractivity (Wildman–Crippen MR) is 120 cm³/mol. The molecule has 0 heterocycles. The number of hydrogen-bond acceptors (Lipinski definition) is 2. The molecule has 2 heteroatoms. The van der Waals surface area contributed by atoms with Crippen LogP contribution in [0.4, 0.5) is 0 Å². The third-order valence-electron chi connectivity index (χ3n) is 10.3. The minimum Gasteiger partial charge on any atom is -0.390 e. The van der Waals surface area contributed by atoms with Gasteiger partial charge in [0.05, 0.1) is 11.2 Å². The Bertz CT molecular complexity index is 674. The number of aliphatic hydroxyl groups is 2. The van der Waals surface area contributed by atoms with Crippen LogP contribution in [0.5, 0.6) is 0 Å². The Balaban J connectivity index is 1.48. The zero-order chi connectivity index (χ0) is 21.1. The minimum absolute atomic E-state index is 0.327.